The molecule has 0 saturated carbocycles. The van der Waals surface area contributed by atoms with Crippen LogP contribution in [-0.2, 0) is 4.74 Å². The van der Waals surface area contributed by atoms with Crippen molar-refractivity contribution in [1.29, 1.82) is 0 Å². The fraction of sp³-hybridized carbons (Fsp3) is 0.263. The standard InChI is InChI=1S/C19H24N2O2S2/c1-5-23-18(22)21(15-11-7-6-8-12-15)16-13-9-10-14-17(16)25(4)19(24)20(2)3/h6-14,24H,5H2,1-4H3. The number of rotatable bonds is 4. The van der Waals surface area contributed by atoms with Crippen molar-refractivity contribution in [3.63, 3.8) is 0 Å². The Morgan fingerprint density at radius 2 is 1.68 bits per heavy atom. The summed E-state index contributed by atoms with van der Waals surface area (Å²) in [5.41, 5.74) is 1.59. The summed E-state index contributed by atoms with van der Waals surface area (Å²) >= 11 is 4.65. The summed E-state index contributed by atoms with van der Waals surface area (Å²) in [6.45, 7) is 2.13. The molecular weight excluding hydrogens is 352 g/mol. The van der Waals surface area contributed by atoms with Crippen molar-refractivity contribution in [3.05, 3.63) is 54.6 Å². The summed E-state index contributed by atoms with van der Waals surface area (Å²) in [7, 11) is 3.66. The van der Waals surface area contributed by atoms with Gasteiger partial charge in [0.2, 0.25) is 0 Å². The highest BCUT2D eigenvalue weighted by Crippen LogP contribution is 2.38. The monoisotopic (exact) mass is 376 g/mol. The number of nitrogens with zero attached hydrogens (tertiary/aromatic N) is 2. The Morgan fingerprint density at radius 1 is 1.08 bits per heavy atom. The zero-order valence-electron chi connectivity index (χ0n) is 15.0. The molecular formula is C19H24N2O2S2. The van der Waals surface area contributed by atoms with Gasteiger partial charge in [0, 0.05) is 4.90 Å². The van der Waals surface area contributed by atoms with Gasteiger partial charge in [-0.1, -0.05) is 30.3 Å². The van der Waals surface area contributed by atoms with Gasteiger partial charge < -0.3 is 4.74 Å². The van der Waals surface area contributed by atoms with Gasteiger partial charge in [0.25, 0.3) is 0 Å². The third-order valence-electron chi connectivity index (χ3n) is 3.56. The number of para-hydroxylation sites is 2. The summed E-state index contributed by atoms with van der Waals surface area (Å²) in [6, 6.07) is 17.4. The van der Waals surface area contributed by atoms with Crippen molar-refractivity contribution in [3.8, 4) is 0 Å². The summed E-state index contributed by atoms with van der Waals surface area (Å²) < 4.78 is 6.26. The number of carbonyl (C=O) groups excluding carboxylic acids is 1. The molecule has 6 heteroatoms. The first kappa shape index (κ1) is 19.6. The lowest BCUT2D eigenvalue weighted by molar-refractivity contribution is 0.162. The molecule has 0 aliphatic carbocycles. The van der Waals surface area contributed by atoms with E-state index in [4.69, 9.17) is 4.74 Å². The van der Waals surface area contributed by atoms with Gasteiger partial charge in [0.1, 0.15) is 0 Å². The maximum Gasteiger partial charge on any atom is 0.418 e. The molecule has 0 fully saturated rings. The molecule has 1 atom stereocenters. The predicted molar refractivity (Wildman–Crippen MR) is 112 cm³/mol. The second-order valence-electron chi connectivity index (χ2n) is 5.52. The van der Waals surface area contributed by atoms with Crippen molar-refractivity contribution in [2.45, 2.75) is 11.8 Å². The Balaban J connectivity index is 2.63. The summed E-state index contributed by atoms with van der Waals surface area (Å²) in [4.78, 5) is 17.3. The van der Waals surface area contributed by atoms with Gasteiger partial charge in [-0.3, -0.25) is 4.90 Å². The van der Waals surface area contributed by atoms with Crippen LogP contribution in [0.1, 0.15) is 6.92 Å². The maximum absolute atomic E-state index is 12.7. The molecule has 25 heavy (non-hydrogen) atoms. The van der Waals surface area contributed by atoms with E-state index in [9.17, 15) is 4.79 Å². The van der Waals surface area contributed by atoms with Crippen LogP contribution < -0.4 is 4.90 Å². The minimum atomic E-state index is -0.385. The molecule has 4 nitrogen and oxygen atoms in total. The predicted octanol–water partition coefficient (Wildman–Crippen LogP) is 4.82. The normalized spacial score (nSPS) is 12.6. The maximum atomic E-state index is 12.7. The van der Waals surface area contributed by atoms with E-state index in [1.54, 1.807) is 4.90 Å². The lowest BCUT2D eigenvalue weighted by Gasteiger charge is -2.26. The van der Waals surface area contributed by atoms with E-state index in [2.05, 4.69) is 18.9 Å². The smallest absolute Gasteiger partial charge is 0.418 e. The van der Waals surface area contributed by atoms with Gasteiger partial charge >= 0.3 is 6.09 Å². The van der Waals surface area contributed by atoms with Gasteiger partial charge in [-0.15, -0.1) is 23.1 Å². The third-order valence-corrected chi connectivity index (χ3v) is 6.70. The van der Waals surface area contributed by atoms with Crippen LogP contribution in [0.5, 0.6) is 0 Å². The van der Waals surface area contributed by atoms with Crippen LogP contribution in [-0.4, -0.2) is 42.3 Å². The molecule has 2 aromatic carbocycles. The van der Waals surface area contributed by atoms with Crippen molar-refractivity contribution in [2.24, 2.45) is 0 Å². The first-order valence-electron chi connectivity index (χ1n) is 7.97. The van der Waals surface area contributed by atoms with Crippen LogP contribution in [0, 0.1) is 0 Å². The lowest BCUT2D eigenvalue weighted by atomic mass is 10.2. The SMILES string of the molecule is CCOC(=O)N(c1ccccc1)c1ccccc1/S(C)=C(\S)N(C)C. The molecule has 134 valence electrons. The van der Waals surface area contributed by atoms with Crippen LogP contribution >= 0.6 is 23.1 Å². The summed E-state index contributed by atoms with van der Waals surface area (Å²) in [6.07, 6.45) is 1.72. The molecule has 2 aromatic rings. The van der Waals surface area contributed by atoms with E-state index >= 15 is 0 Å². The van der Waals surface area contributed by atoms with Crippen molar-refractivity contribution < 1.29 is 9.53 Å². The number of carbonyl (C=O) groups is 1. The largest absolute Gasteiger partial charge is 0.449 e. The van der Waals surface area contributed by atoms with Gasteiger partial charge in [-0.2, -0.15) is 0 Å². The number of benzene rings is 2. The zero-order valence-corrected chi connectivity index (χ0v) is 16.7. The fourth-order valence-corrected chi connectivity index (χ4v) is 4.18. The van der Waals surface area contributed by atoms with E-state index in [1.165, 1.54) is 0 Å². The average Bonchev–Trinajstić information content (AvgIpc) is 2.62. The molecule has 0 spiro atoms. The third kappa shape index (κ3) is 4.66. The number of hydrogen-bond donors (Lipinski definition) is 1. The van der Waals surface area contributed by atoms with Gasteiger partial charge in [0.05, 0.1) is 22.3 Å². The number of anilines is 2. The summed E-state index contributed by atoms with van der Waals surface area (Å²) in [5, 5.41) is 0. The van der Waals surface area contributed by atoms with Crippen LogP contribution in [0.25, 0.3) is 0 Å². The molecule has 0 N–H and O–H groups in total. The molecule has 0 radical (unpaired) electrons. The van der Waals surface area contributed by atoms with Crippen LogP contribution in [0.15, 0.2) is 59.5 Å². The molecule has 0 aliphatic heterocycles. The molecule has 0 saturated heterocycles. The number of ether oxygens (including phenoxy) is 1. The molecule has 2 rings (SSSR count). The highest BCUT2D eigenvalue weighted by atomic mass is 32.2. The Hall–Kier alpha value is -1.76. The second-order valence-corrected chi connectivity index (χ2v) is 8.10. The van der Waals surface area contributed by atoms with Gasteiger partial charge in [-0.05, 0) is 51.5 Å². The Kier molecular flexibility index (Phi) is 7.11. The van der Waals surface area contributed by atoms with E-state index in [1.807, 2.05) is 80.5 Å². The van der Waals surface area contributed by atoms with E-state index in [0.29, 0.717) is 6.61 Å². The Morgan fingerprint density at radius 3 is 2.28 bits per heavy atom. The number of hydrogen-bond acceptors (Lipinski definition) is 2. The van der Waals surface area contributed by atoms with Crippen LogP contribution in [0.2, 0.25) is 0 Å². The highest BCUT2D eigenvalue weighted by molar-refractivity contribution is 8.27. The lowest BCUT2D eigenvalue weighted by Crippen LogP contribution is -2.27. The van der Waals surface area contributed by atoms with Gasteiger partial charge in [-0.25, -0.2) is 9.69 Å². The molecule has 0 aliphatic rings. The van der Waals surface area contributed by atoms with E-state index < -0.39 is 0 Å². The molecule has 1 amide bonds. The van der Waals surface area contributed by atoms with Crippen molar-refractivity contribution in [2.75, 3.05) is 31.9 Å². The Labute approximate surface area is 157 Å². The topological polar surface area (TPSA) is 32.8 Å². The fourth-order valence-electron chi connectivity index (χ4n) is 2.38. The van der Waals surface area contributed by atoms with E-state index in [0.717, 1.165) is 20.6 Å². The van der Waals surface area contributed by atoms with Crippen LogP contribution in [0.3, 0.4) is 0 Å². The van der Waals surface area contributed by atoms with Crippen molar-refractivity contribution in [1.82, 2.24) is 4.90 Å². The van der Waals surface area contributed by atoms with Gasteiger partial charge in [0.15, 0.2) is 0 Å². The zero-order chi connectivity index (χ0) is 18.4. The minimum absolute atomic E-state index is 0.277. The molecule has 0 heterocycles. The van der Waals surface area contributed by atoms with Crippen LogP contribution in [0.4, 0.5) is 16.2 Å². The quantitative estimate of drug-likeness (QED) is 0.613. The number of amides is 1. The molecule has 0 aromatic heterocycles. The van der Waals surface area contributed by atoms with E-state index in [-0.39, 0.29) is 16.6 Å². The average molecular weight is 377 g/mol. The first-order valence-corrected chi connectivity index (χ1v) is 10.1. The molecule has 0 bridgehead atoms. The minimum Gasteiger partial charge on any atom is -0.449 e. The van der Waals surface area contributed by atoms with Crippen molar-refractivity contribution >= 4 is 44.9 Å². The molecule has 1 unspecified atom stereocenters. The second kappa shape index (κ2) is 9.08. The Bertz CT molecular complexity index is 761. The summed E-state index contributed by atoms with van der Waals surface area (Å²) in [5.74, 6) is 0. The number of thiol groups is 1. The highest BCUT2D eigenvalue weighted by Gasteiger charge is 2.22. The first-order chi connectivity index (χ1) is 12.0.